The molecule has 0 spiro atoms. The molecular weight excluding hydrogens is 345 g/mol. The van der Waals surface area contributed by atoms with Crippen molar-refractivity contribution in [1.82, 2.24) is 4.98 Å². The second-order valence-corrected chi connectivity index (χ2v) is 6.44. The normalized spacial score (nSPS) is 11.4. The maximum atomic E-state index is 13.2. The van der Waals surface area contributed by atoms with E-state index in [1.54, 1.807) is 47.8 Å². The van der Waals surface area contributed by atoms with Crippen molar-refractivity contribution >= 4 is 33.7 Å². The average molecular weight is 354 g/mol. The third-order valence-electron chi connectivity index (χ3n) is 2.90. The quantitative estimate of drug-likeness (QED) is 0.707. The Balaban J connectivity index is 1.97. The maximum absolute atomic E-state index is 13.2. The van der Waals surface area contributed by atoms with Crippen LogP contribution in [0, 0.1) is 0 Å². The number of carbonyl (C=O) groups is 1. The number of nitrogens with zero attached hydrogens (tertiary/aromatic N) is 1. The SMILES string of the molecule is O=C(Nc1nc(C(F)(F)F)c(-c2ccccc2)s1)c1cccs1. The van der Waals surface area contributed by atoms with E-state index in [0.29, 0.717) is 10.4 Å². The van der Waals surface area contributed by atoms with Gasteiger partial charge < -0.3 is 0 Å². The van der Waals surface area contributed by atoms with Gasteiger partial charge in [0.2, 0.25) is 0 Å². The third-order valence-corrected chi connectivity index (χ3v) is 4.79. The molecule has 2 aromatic heterocycles. The smallest absolute Gasteiger partial charge is 0.297 e. The van der Waals surface area contributed by atoms with E-state index in [-0.39, 0.29) is 10.0 Å². The Morgan fingerprint density at radius 3 is 2.43 bits per heavy atom. The lowest BCUT2D eigenvalue weighted by Gasteiger charge is -2.05. The molecule has 3 rings (SSSR count). The predicted molar refractivity (Wildman–Crippen MR) is 84.8 cm³/mol. The van der Waals surface area contributed by atoms with Crippen LogP contribution in [0.2, 0.25) is 0 Å². The number of hydrogen-bond acceptors (Lipinski definition) is 4. The van der Waals surface area contributed by atoms with Gasteiger partial charge in [0.05, 0.1) is 9.75 Å². The predicted octanol–water partition coefficient (Wildman–Crippen LogP) is 5.14. The topological polar surface area (TPSA) is 42.0 Å². The van der Waals surface area contributed by atoms with Gasteiger partial charge in [-0.3, -0.25) is 10.1 Å². The molecule has 0 aliphatic carbocycles. The zero-order chi connectivity index (χ0) is 16.4. The molecule has 0 atom stereocenters. The summed E-state index contributed by atoms with van der Waals surface area (Å²) in [6.07, 6.45) is -4.59. The lowest BCUT2D eigenvalue weighted by Crippen LogP contribution is -2.11. The average Bonchev–Trinajstić information content (AvgIpc) is 3.17. The fourth-order valence-electron chi connectivity index (χ4n) is 1.92. The summed E-state index contributed by atoms with van der Waals surface area (Å²) in [5.74, 6) is -0.470. The molecule has 1 N–H and O–H groups in total. The van der Waals surface area contributed by atoms with Crippen molar-refractivity contribution in [3.05, 3.63) is 58.4 Å². The molecule has 23 heavy (non-hydrogen) atoms. The number of aromatic nitrogens is 1. The number of amides is 1. The van der Waals surface area contributed by atoms with Crippen LogP contribution in [0.4, 0.5) is 18.3 Å². The van der Waals surface area contributed by atoms with E-state index in [0.717, 1.165) is 11.3 Å². The molecule has 0 saturated heterocycles. The second kappa shape index (κ2) is 6.13. The van der Waals surface area contributed by atoms with Gasteiger partial charge in [-0.05, 0) is 17.0 Å². The minimum atomic E-state index is -4.59. The Morgan fingerprint density at radius 2 is 1.83 bits per heavy atom. The number of anilines is 1. The summed E-state index contributed by atoms with van der Waals surface area (Å²) in [5, 5.41) is 4.07. The van der Waals surface area contributed by atoms with Crippen LogP contribution in [0.15, 0.2) is 47.8 Å². The van der Waals surface area contributed by atoms with Gasteiger partial charge in [0, 0.05) is 0 Å². The Bertz CT molecular complexity index is 811. The molecule has 1 aromatic carbocycles. The molecule has 3 aromatic rings. The Morgan fingerprint density at radius 1 is 1.09 bits per heavy atom. The summed E-state index contributed by atoms with van der Waals surface area (Å²) in [4.78, 5) is 15.9. The molecule has 2 heterocycles. The molecule has 3 nitrogen and oxygen atoms in total. The first kappa shape index (κ1) is 15.7. The van der Waals surface area contributed by atoms with Gasteiger partial charge in [0.25, 0.3) is 5.91 Å². The van der Waals surface area contributed by atoms with Crippen LogP contribution in [0.5, 0.6) is 0 Å². The molecule has 118 valence electrons. The first-order valence-corrected chi connectivity index (χ1v) is 8.13. The number of carbonyl (C=O) groups excluding carboxylic acids is 1. The van der Waals surface area contributed by atoms with Crippen molar-refractivity contribution in [1.29, 1.82) is 0 Å². The maximum Gasteiger partial charge on any atom is 0.434 e. The lowest BCUT2D eigenvalue weighted by molar-refractivity contribution is -0.140. The fourth-order valence-corrected chi connectivity index (χ4v) is 3.52. The van der Waals surface area contributed by atoms with Crippen LogP contribution in [-0.4, -0.2) is 10.9 Å². The summed E-state index contributed by atoms with van der Waals surface area (Å²) < 4.78 is 39.6. The highest BCUT2D eigenvalue weighted by atomic mass is 32.1. The number of rotatable bonds is 3. The summed E-state index contributed by atoms with van der Waals surface area (Å²) in [6.45, 7) is 0. The van der Waals surface area contributed by atoms with E-state index in [4.69, 9.17) is 0 Å². The van der Waals surface area contributed by atoms with Gasteiger partial charge >= 0.3 is 6.18 Å². The van der Waals surface area contributed by atoms with Crippen molar-refractivity contribution in [2.45, 2.75) is 6.18 Å². The first-order valence-electron chi connectivity index (χ1n) is 6.43. The number of halogens is 3. The molecule has 0 aliphatic heterocycles. The first-order chi connectivity index (χ1) is 10.9. The largest absolute Gasteiger partial charge is 0.434 e. The summed E-state index contributed by atoms with van der Waals surface area (Å²) in [5.41, 5.74) is -0.580. The fraction of sp³-hybridized carbons (Fsp3) is 0.0667. The molecule has 8 heteroatoms. The standard InChI is InChI=1S/C15H9F3N2OS2/c16-15(17,18)12-11(9-5-2-1-3-6-9)23-14(19-12)20-13(21)10-7-4-8-22-10/h1-8H,(H,19,20,21). The van der Waals surface area contributed by atoms with Crippen LogP contribution < -0.4 is 5.32 Å². The van der Waals surface area contributed by atoms with E-state index in [1.165, 1.54) is 11.3 Å². The van der Waals surface area contributed by atoms with Gasteiger partial charge in [-0.1, -0.05) is 47.7 Å². The molecule has 1 amide bonds. The van der Waals surface area contributed by atoms with E-state index >= 15 is 0 Å². The molecular formula is C15H9F3N2OS2. The Kier molecular flexibility index (Phi) is 4.18. The highest BCUT2D eigenvalue weighted by molar-refractivity contribution is 7.19. The summed E-state index contributed by atoms with van der Waals surface area (Å²) in [7, 11) is 0. The summed E-state index contributed by atoms with van der Waals surface area (Å²) in [6, 6.07) is 11.5. The number of nitrogens with one attached hydrogen (secondary N) is 1. The van der Waals surface area contributed by atoms with Gasteiger partial charge in [-0.25, -0.2) is 4.98 Å². The van der Waals surface area contributed by atoms with Crippen molar-refractivity contribution < 1.29 is 18.0 Å². The van der Waals surface area contributed by atoms with Crippen molar-refractivity contribution in [2.75, 3.05) is 5.32 Å². The van der Waals surface area contributed by atoms with Gasteiger partial charge in [0.1, 0.15) is 0 Å². The molecule has 0 fully saturated rings. The monoisotopic (exact) mass is 354 g/mol. The Labute approximate surface area is 137 Å². The van der Waals surface area contributed by atoms with E-state index in [9.17, 15) is 18.0 Å². The van der Waals surface area contributed by atoms with Crippen molar-refractivity contribution in [3.63, 3.8) is 0 Å². The molecule has 0 unspecified atom stereocenters. The molecule has 0 saturated carbocycles. The van der Waals surface area contributed by atoms with Gasteiger partial charge in [-0.2, -0.15) is 13.2 Å². The highest BCUT2D eigenvalue weighted by Gasteiger charge is 2.38. The second-order valence-electron chi connectivity index (χ2n) is 4.49. The molecule has 0 aliphatic rings. The van der Waals surface area contributed by atoms with E-state index in [2.05, 4.69) is 10.3 Å². The zero-order valence-electron chi connectivity index (χ0n) is 11.4. The number of benzene rings is 1. The summed E-state index contributed by atoms with van der Waals surface area (Å²) >= 11 is 2.01. The Hall–Kier alpha value is -2.19. The van der Waals surface area contributed by atoms with Crippen LogP contribution in [-0.2, 0) is 6.18 Å². The number of alkyl halides is 3. The van der Waals surface area contributed by atoms with Crippen molar-refractivity contribution in [2.24, 2.45) is 0 Å². The van der Waals surface area contributed by atoms with Gasteiger partial charge in [0.15, 0.2) is 10.8 Å². The number of thiophene rings is 1. The van der Waals surface area contributed by atoms with Crippen molar-refractivity contribution in [3.8, 4) is 10.4 Å². The minimum absolute atomic E-state index is 0.0143. The van der Waals surface area contributed by atoms with E-state index in [1.807, 2.05) is 0 Å². The van der Waals surface area contributed by atoms with Crippen LogP contribution >= 0.6 is 22.7 Å². The third kappa shape index (κ3) is 3.43. The van der Waals surface area contributed by atoms with Crippen LogP contribution in [0.25, 0.3) is 10.4 Å². The van der Waals surface area contributed by atoms with E-state index < -0.39 is 17.8 Å². The number of thiazole rings is 1. The number of hydrogen-bond donors (Lipinski definition) is 1. The van der Waals surface area contributed by atoms with Gasteiger partial charge in [-0.15, -0.1) is 11.3 Å². The highest BCUT2D eigenvalue weighted by Crippen LogP contribution is 2.41. The van der Waals surface area contributed by atoms with Crippen LogP contribution in [0.1, 0.15) is 15.4 Å². The molecule has 0 bridgehead atoms. The zero-order valence-corrected chi connectivity index (χ0v) is 13.1. The van der Waals surface area contributed by atoms with Crippen LogP contribution in [0.3, 0.4) is 0 Å². The molecule has 0 radical (unpaired) electrons. The lowest BCUT2D eigenvalue weighted by atomic mass is 10.1. The minimum Gasteiger partial charge on any atom is -0.297 e.